The fourth-order valence-corrected chi connectivity index (χ4v) is 2.02. The number of hydrogen-bond acceptors (Lipinski definition) is 2. The lowest BCUT2D eigenvalue weighted by Gasteiger charge is -2.36. The van der Waals surface area contributed by atoms with Gasteiger partial charge in [0.15, 0.2) is 0 Å². The van der Waals surface area contributed by atoms with Gasteiger partial charge in [0.1, 0.15) is 0 Å². The largest absolute Gasteiger partial charge is 0.342 e. The van der Waals surface area contributed by atoms with Crippen molar-refractivity contribution in [2.24, 2.45) is 17.6 Å². The molecule has 0 aliphatic carbocycles. The predicted molar refractivity (Wildman–Crippen MR) is 61.0 cm³/mol. The number of carbonyl (C=O) groups is 1. The molecule has 2 N–H and O–H groups in total. The predicted octanol–water partition coefficient (Wildman–Crippen LogP) is 0.843. The van der Waals surface area contributed by atoms with Crippen LogP contribution in [0.1, 0.15) is 26.2 Å². The molecule has 1 aliphatic rings. The number of carbonyl (C=O) groups excluding carboxylic acids is 1. The monoisotopic (exact) mass is 208 g/mol. The van der Waals surface area contributed by atoms with Crippen molar-refractivity contribution in [3.05, 3.63) is 0 Å². The molecular formula is C12H20N2O. The van der Waals surface area contributed by atoms with Crippen LogP contribution in [-0.2, 0) is 4.79 Å². The molecule has 0 radical (unpaired) electrons. The number of nitrogens with zero attached hydrogens (tertiary/aromatic N) is 1. The molecule has 0 bridgehead atoms. The van der Waals surface area contributed by atoms with E-state index in [-0.39, 0.29) is 5.91 Å². The Morgan fingerprint density at radius 3 is 3.00 bits per heavy atom. The summed E-state index contributed by atoms with van der Waals surface area (Å²) in [4.78, 5) is 13.6. The highest BCUT2D eigenvalue weighted by Crippen LogP contribution is 2.22. The summed E-state index contributed by atoms with van der Waals surface area (Å²) in [5.41, 5.74) is 5.69. The van der Waals surface area contributed by atoms with Crippen LogP contribution in [0.2, 0.25) is 0 Å². The first kappa shape index (κ1) is 12.1. The third-order valence-corrected chi connectivity index (χ3v) is 3.25. The summed E-state index contributed by atoms with van der Waals surface area (Å²) in [5.74, 6) is 3.76. The lowest BCUT2D eigenvalue weighted by molar-refractivity contribution is -0.133. The van der Waals surface area contributed by atoms with Gasteiger partial charge in [-0.05, 0) is 24.8 Å². The summed E-state index contributed by atoms with van der Waals surface area (Å²) in [6.07, 6.45) is 7.21. The van der Waals surface area contributed by atoms with Gasteiger partial charge in [0.25, 0.3) is 0 Å². The number of hydrogen-bond donors (Lipinski definition) is 1. The van der Waals surface area contributed by atoms with E-state index in [0.717, 1.165) is 19.5 Å². The van der Waals surface area contributed by atoms with Crippen LogP contribution < -0.4 is 5.73 Å². The average molecular weight is 208 g/mol. The molecule has 0 aromatic carbocycles. The van der Waals surface area contributed by atoms with Crippen LogP contribution in [0.15, 0.2) is 0 Å². The maximum Gasteiger partial charge on any atom is 0.223 e. The van der Waals surface area contributed by atoms with Gasteiger partial charge in [0.2, 0.25) is 5.91 Å². The molecular weight excluding hydrogens is 188 g/mol. The Labute approximate surface area is 92.0 Å². The molecule has 2 unspecified atom stereocenters. The van der Waals surface area contributed by atoms with Gasteiger partial charge in [-0.25, -0.2) is 0 Å². The average Bonchev–Trinajstić information content (AvgIpc) is 2.26. The van der Waals surface area contributed by atoms with E-state index < -0.39 is 0 Å². The summed E-state index contributed by atoms with van der Waals surface area (Å²) in [6, 6.07) is 0. The number of likely N-dealkylation sites (tertiary alicyclic amines) is 1. The standard InChI is InChI=1S/C12H20N2O/c1-3-4-5-12(15)14-7-6-10(2)11(8-13)9-14/h1,10-11H,4-9,13H2,2H3. The summed E-state index contributed by atoms with van der Waals surface area (Å²) in [5, 5.41) is 0. The molecule has 0 aromatic rings. The molecule has 1 amide bonds. The Morgan fingerprint density at radius 2 is 2.40 bits per heavy atom. The quantitative estimate of drug-likeness (QED) is 0.699. The van der Waals surface area contributed by atoms with Gasteiger partial charge >= 0.3 is 0 Å². The zero-order valence-electron chi connectivity index (χ0n) is 9.41. The summed E-state index contributed by atoms with van der Waals surface area (Å²) in [6.45, 7) is 4.54. The molecule has 0 spiro atoms. The van der Waals surface area contributed by atoms with Crippen LogP contribution >= 0.6 is 0 Å². The van der Waals surface area contributed by atoms with Crippen LogP contribution in [0, 0.1) is 24.2 Å². The smallest absolute Gasteiger partial charge is 0.223 e. The Kier molecular flexibility index (Phi) is 4.64. The lowest BCUT2D eigenvalue weighted by Crippen LogP contribution is -2.45. The minimum Gasteiger partial charge on any atom is -0.342 e. The van der Waals surface area contributed by atoms with Crippen LogP contribution in [0.4, 0.5) is 0 Å². The minimum absolute atomic E-state index is 0.179. The second-order valence-electron chi connectivity index (χ2n) is 4.31. The van der Waals surface area contributed by atoms with Crippen molar-refractivity contribution in [1.29, 1.82) is 0 Å². The molecule has 1 fully saturated rings. The number of amides is 1. The van der Waals surface area contributed by atoms with E-state index in [9.17, 15) is 4.79 Å². The Balaban J connectivity index is 2.44. The van der Waals surface area contributed by atoms with Gasteiger partial charge in [-0.3, -0.25) is 4.79 Å². The van der Waals surface area contributed by atoms with E-state index in [1.807, 2.05) is 4.90 Å². The van der Waals surface area contributed by atoms with Gasteiger partial charge in [-0.2, -0.15) is 0 Å². The van der Waals surface area contributed by atoms with Gasteiger partial charge in [-0.15, -0.1) is 12.3 Å². The van der Waals surface area contributed by atoms with Crippen molar-refractivity contribution < 1.29 is 4.79 Å². The first-order valence-corrected chi connectivity index (χ1v) is 5.60. The molecule has 2 atom stereocenters. The molecule has 0 saturated carbocycles. The van der Waals surface area contributed by atoms with Crippen molar-refractivity contribution in [3.8, 4) is 12.3 Å². The highest BCUT2D eigenvalue weighted by Gasteiger charge is 2.27. The van der Waals surface area contributed by atoms with Crippen LogP contribution in [0.3, 0.4) is 0 Å². The lowest BCUT2D eigenvalue weighted by atomic mass is 9.87. The number of piperidine rings is 1. The molecule has 3 heteroatoms. The van der Waals surface area contributed by atoms with E-state index in [1.165, 1.54) is 0 Å². The van der Waals surface area contributed by atoms with Crippen molar-refractivity contribution in [2.75, 3.05) is 19.6 Å². The van der Waals surface area contributed by atoms with E-state index >= 15 is 0 Å². The van der Waals surface area contributed by atoms with E-state index in [2.05, 4.69) is 12.8 Å². The highest BCUT2D eigenvalue weighted by molar-refractivity contribution is 5.76. The second kappa shape index (κ2) is 5.77. The molecule has 3 nitrogen and oxygen atoms in total. The van der Waals surface area contributed by atoms with Gasteiger partial charge in [-0.1, -0.05) is 6.92 Å². The molecule has 15 heavy (non-hydrogen) atoms. The third kappa shape index (κ3) is 3.24. The molecule has 1 heterocycles. The van der Waals surface area contributed by atoms with Crippen molar-refractivity contribution >= 4 is 5.91 Å². The topological polar surface area (TPSA) is 46.3 Å². The molecule has 0 aromatic heterocycles. The molecule has 1 saturated heterocycles. The first-order chi connectivity index (χ1) is 7.19. The van der Waals surface area contributed by atoms with Crippen molar-refractivity contribution in [3.63, 3.8) is 0 Å². The van der Waals surface area contributed by atoms with E-state index in [1.54, 1.807) is 0 Å². The zero-order valence-corrected chi connectivity index (χ0v) is 9.41. The van der Waals surface area contributed by atoms with Gasteiger partial charge < -0.3 is 10.6 Å². The van der Waals surface area contributed by atoms with Crippen LogP contribution in [0.25, 0.3) is 0 Å². The van der Waals surface area contributed by atoms with Crippen LogP contribution in [-0.4, -0.2) is 30.4 Å². The molecule has 84 valence electrons. The Morgan fingerprint density at radius 1 is 1.67 bits per heavy atom. The summed E-state index contributed by atoms with van der Waals surface area (Å²) >= 11 is 0. The Bertz CT molecular complexity index is 257. The number of terminal acetylenes is 1. The third-order valence-electron chi connectivity index (χ3n) is 3.25. The van der Waals surface area contributed by atoms with Crippen LogP contribution in [0.5, 0.6) is 0 Å². The molecule has 1 aliphatic heterocycles. The Hall–Kier alpha value is -1.01. The van der Waals surface area contributed by atoms with Gasteiger partial charge in [0, 0.05) is 25.9 Å². The van der Waals surface area contributed by atoms with E-state index in [4.69, 9.17) is 12.2 Å². The fraction of sp³-hybridized carbons (Fsp3) is 0.750. The fourth-order valence-electron chi connectivity index (χ4n) is 2.02. The van der Waals surface area contributed by atoms with Crippen molar-refractivity contribution in [1.82, 2.24) is 4.90 Å². The number of nitrogens with two attached hydrogens (primary N) is 1. The number of rotatable bonds is 3. The maximum atomic E-state index is 11.7. The van der Waals surface area contributed by atoms with Gasteiger partial charge in [0.05, 0.1) is 0 Å². The summed E-state index contributed by atoms with van der Waals surface area (Å²) < 4.78 is 0. The second-order valence-corrected chi connectivity index (χ2v) is 4.31. The molecule has 1 rings (SSSR count). The minimum atomic E-state index is 0.179. The normalized spacial score (nSPS) is 26.1. The maximum absolute atomic E-state index is 11.7. The SMILES string of the molecule is C#CCCC(=O)N1CCC(C)C(CN)C1. The van der Waals surface area contributed by atoms with Crippen molar-refractivity contribution in [2.45, 2.75) is 26.2 Å². The summed E-state index contributed by atoms with van der Waals surface area (Å²) in [7, 11) is 0. The highest BCUT2D eigenvalue weighted by atomic mass is 16.2. The first-order valence-electron chi connectivity index (χ1n) is 5.60. The van der Waals surface area contributed by atoms with E-state index in [0.29, 0.717) is 31.2 Å². The zero-order chi connectivity index (χ0) is 11.3.